The Morgan fingerprint density at radius 3 is 3.00 bits per heavy atom. The lowest BCUT2D eigenvalue weighted by atomic mass is 10.2. The van der Waals surface area contributed by atoms with E-state index >= 15 is 0 Å². The van der Waals surface area contributed by atoms with Crippen LogP contribution in [0.5, 0.6) is 0 Å². The van der Waals surface area contributed by atoms with Crippen LogP contribution in [-0.4, -0.2) is 41.6 Å². The highest BCUT2D eigenvalue weighted by molar-refractivity contribution is 5.92. The highest BCUT2D eigenvalue weighted by Gasteiger charge is 2.21. The van der Waals surface area contributed by atoms with Crippen molar-refractivity contribution in [3.8, 4) is 0 Å². The van der Waals surface area contributed by atoms with E-state index in [-0.39, 0.29) is 17.4 Å². The molecule has 0 unspecified atom stereocenters. The summed E-state index contributed by atoms with van der Waals surface area (Å²) in [6.07, 6.45) is 0.861. The standard InChI is InChI=1S/C13H18N2O3/c1-9-6-11(16)7-12(14-9)13(17)15-4-3-5-18-10(2)8-15/h6-7,10H,3-5,8H2,1-2H3,(H,14,16)/t10-/m0/s1. The van der Waals surface area contributed by atoms with Crippen LogP contribution in [0.4, 0.5) is 0 Å². The molecule has 0 spiro atoms. The quantitative estimate of drug-likeness (QED) is 0.806. The van der Waals surface area contributed by atoms with E-state index in [4.69, 9.17) is 4.74 Å². The van der Waals surface area contributed by atoms with Gasteiger partial charge in [0, 0.05) is 37.5 Å². The number of aromatic nitrogens is 1. The normalized spacial score (nSPS) is 20.6. The second-order valence-corrected chi connectivity index (χ2v) is 4.70. The first-order valence-electron chi connectivity index (χ1n) is 6.18. The number of nitrogens with one attached hydrogen (secondary N) is 1. The van der Waals surface area contributed by atoms with Crippen molar-refractivity contribution in [2.45, 2.75) is 26.4 Å². The lowest BCUT2D eigenvalue weighted by Gasteiger charge is -2.22. The topological polar surface area (TPSA) is 62.4 Å². The van der Waals surface area contributed by atoms with E-state index < -0.39 is 0 Å². The van der Waals surface area contributed by atoms with Gasteiger partial charge in [-0.15, -0.1) is 0 Å². The minimum absolute atomic E-state index is 0.0352. The average molecular weight is 250 g/mol. The van der Waals surface area contributed by atoms with Gasteiger partial charge in [-0.1, -0.05) is 0 Å². The van der Waals surface area contributed by atoms with E-state index in [0.717, 1.165) is 6.42 Å². The van der Waals surface area contributed by atoms with Gasteiger partial charge in [0.15, 0.2) is 5.43 Å². The van der Waals surface area contributed by atoms with Crippen LogP contribution in [0.25, 0.3) is 0 Å². The fourth-order valence-electron chi connectivity index (χ4n) is 2.15. The van der Waals surface area contributed by atoms with Crippen LogP contribution in [0.15, 0.2) is 16.9 Å². The van der Waals surface area contributed by atoms with Gasteiger partial charge in [0.05, 0.1) is 6.10 Å². The zero-order valence-corrected chi connectivity index (χ0v) is 10.7. The molecule has 5 nitrogen and oxygen atoms in total. The molecule has 0 aromatic carbocycles. The molecular formula is C13H18N2O3. The third kappa shape index (κ3) is 2.98. The van der Waals surface area contributed by atoms with E-state index in [2.05, 4.69) is 4.98 Å². The first-order valence-corrected chi connectivity index (χ1v) is 6.18. The Kier molecular flexibility index (Phi) is 3.81. The Hall–Kier alpha value is -1.62. The maximum absolute atomic E-state index is 12.3. The molecule has 1 aromatic heterocycles. The Balaban J connectivity index is 2.21. The van der Waals surface area contributed by atoms with Gasteiger partial charge < -0.3 is 14.6 Å². The van der Waals surface area contributed by atoms with E-state index in [1.165, 1.54) is 12.1 Å². The summed E-state index contributed by atoms with van der Waals surface area (Å²) >= 11 is 0. The minimum atomic E-state index is -0.145. The van der Waals surface area contributed by atoms with Crippen LogP contribution >= 0.6 is 0 Å². The molecule has 18 heavy (non-hydrogen) atoms. The molecule has 1 amide bonds. The van der Waals surface area contributed by atoms with Crippen LogP contribution in [0.2, 0.25) is 0 Å². The lowest BCUT2D eigenvalue weighted by molar-refractivity contribution is 0.0559. The Morgan fingerprint density at radius 2 is 2.28 bits per heavy atom. The number of ether oxygens (including phenoxy) is 1. The van der Waals surface area contributed by atoms with Crippen molar-refractivity contribution in [2.75, 3.05) is 19.7 Å². The molecule has 1 saturated heterocycles. The number of carbonyl (C=O) groups excluding carboxylic acids is 1. The van der Waals surface area contributed by atoms with Crippen LogP contribution in [-0.2, 0) is 4.74 Å². The number of carbonyl (C=O) groups is 1. The summed E-state index contributed by atoms with van der Waals surface area (Å²) in [6.45, 7) is 5.63. The largest absolute Gasteiger partial charge is 0.377 e. The highest BCUT2D eigenvalue weighted by atomic mass is 16.5. The van der Waals surface area contributed by atoms with Crippen LogP contribution in [0.1, 0.15) is 29.5 Å². The molecule has 5 heteroatoms. The number of hydrogen-bond donors (Lipinski definition) is 1. The molecule has 1 atom stereocenters. The van der Waals surface area contributed by atoms with Crippen molar-refractivity contribution in [2.24, 2.45) is 0 Å². The maximum Gasteiger partial charge on any atom is 0.270 e. The smallest absolute Gasteiger partial charge is 0.270 e. The number of pyridine rings is 1. The van der Waals surface area contributed by atoms with Gasteiger partial charge in [-0.3, -0.25) is 9.59 Å². The first kappa shape index (κ1) is 12.8. The van der Waals surface area contributed by atoms with Crippen molar-refractivity contribution in [3.05, 3.63) is 33.7 Å². The molecule has 98 valence electrons. The predicted molar refractivity (Wildman–Crippen MR) is 67.7 cm³/mol. The summed E-state index contributed by atoms with van der Waals surface area (Å²) < 4.78 is 5.50. The molecule has 1 fully saturated rings. The van der Waals surface area contributed by atoms with Crippen molar-refractivity contribution in [1.29, 1.82) is 0 Å². The van der Waals surface area contributed by atoms with E-state index in [1.807, 2.05) is 6.92 Å². The second-order valence-electron chi connectivity index (χ2n) is 4.70. The fraction of sp³-hybridized carbons (Fsp3) is 0.538. The Bertz CT molecular complexity index is 495. The van der Waals surface area contributed by atoms with Gasteiger partial charge in [0.1, 0.15) is 5.69 Å². The zero-order chi connectivity index (χ0) is 13.1. The summed E-state index contributed by atoms with van der Waals surface area (Å²) in [4.78, 5) is 28.4. The molecule has 2 rings (SSSR count). The molecule has 1 aromatic rings. The molecule has 0 aliphatic carbocycles. The number of hydrogen-bond acceptors (Lipinski definition) is 3. The lowest BCUT2D eigenvalue weighted by Crippen LogP contribution is -2.36. The summed E-state index contributed by atoms with van der Waals surface area (Å²) in [5.41, 5.74) is 0.910. The number of nitrogens with zero attached hydrogens (tertiary/aromatic N) is 1. The summed E-state index contributed by atoms with van der Waals surface area (Å²) in [6, 6.07) is 2.83. The Morgan fingerprint density at radius 1 is 1.50 bits per heavy atom. The summed E-state index contributed by atoms with van der Waals surface area (Å²) in [5, 5.41) is 0. The number of amides is 1. The van der Waals surface area contributed by atoms with Gasteiger partial charge in [0.25, 0.3) is 5.91 Å². The molecule has 0 radical (unpaired) electrons. The van der Waals surface area contributed by atoms with Gasteiger partial charge >= 0.3 is 0 Å². The van der Waals surface area contributed by atoms with Gasteiger partial charge in [-0.2, -0.15) is 0 Å². The second kappa shape index (κ2) is 5.35. The molecule has 1 N–H and O–H groups in total. The monoisotopic (exact) mass is 250 g/mol. The van der Waals surface area contributed by atoms with Crippen LogP contribution in [0.3, 0.4) is 0 Å². The van der Waals surface area contributed by atoms with E-state index in [1.54, 1.807) is 11.8 Å². The zero-order valence-electron chi connectivity index (χ0n) is 10.7. The molecule has 0 bridgehead atoms. The molecule has 1 aliphatic rings. The van der Waals surface area contributed by atoms with Gasteiger partial charge in [-0.05, 0) is 20.3 Å². The van der Waals surface area contributed by atoms with Crippen LogP contribution in [0, 0.1) is 6.92 Å². The first-order chi connectivity index (χ1) is 8.56. The fourth-order valence-corrected chi connectivity index (χ4v) is 2.15. The third-order valence-corrected chi connectivity index (χ3v) is 2.95. The molecule has 1 aliphatic heterocycles. The number of aryl methyl sites for hydroxylation is 1. The van der Waals surface area contributed by atoms with Crippen molar-refractivity contribution < 1.29 is 9.53 Å². The molecule has 2 heterocycles. The van der Waals surface area contributed by atoms with Crippen LogP contribution < -0.4 is 5.43 Å². The molecule has 0 saturated carbocycles. The predicted octanol–water partition coefficient (Wildman–Crippen LogP) is 0.934. The Labute approximate surface area is 106 Å². The highest BCUT2D eigenvalue weighted by Crippen LogP contribution is 2.09. The van der Waals surface area contributed by atoms with E-state index in [0.29, 0.717) is 31.1 Å². The van der Waals surface area contributed by atoms with Crippen molar-refractivity contribution >= 4 is 5.91 Å². The number of rotatable bonds is 1. The molecular weight excluding hydrogens is 232 g/mol. The van der Waals surface area contributed by atoms with E-state index in [9.17, 15) is 9.59 Å². The number of aromatic amines is 1. The third-order valence-electron chi connectivity index (χ3n) is 2.95. The number of H-pyrrole nitrogens is 1. The van der Waals surface area contributed by atoms with Gasteiger partial charge in [-0.25, -0.2) is 0 Å². The van der Waals surface area contributed by atoms with Crippen molar-refractivity contribution in [3.63, 3.8) is 0 Å². The summed E-state index contributed by atoms with van der Waals surface area (Å²) in [5.74, 6) is -0.131. The minimum Gasteiger partial charge on any atom is -0.377 e. The maximum atomic E-state index is 12.3. The van der Waals surface area contributed by atoms with Crippen molar-refractivity contribution in [1.82, 2.24) is 9.88 Å². The SMILES string of the molecule is Cc1cc(=O)cc(C(=O)N2CCCO[C@@H](C)C2)[nH]1. The summed E-state index contributed by atoms with van der Waals surface area (Å²) in [7, 11) is 0. The van der Waals surface area contributed by atoms with Gasteiger partial charge in [0.2, 0.25) is 0 Å². The average Bonchev–Trinajstić information content (AvgIpc) is 2.51.